The van der Waals surface area contributed by atoms with E-state index in [4.69, 9.17) is 11.6 Å². The number of rotatable bonds is 5. The first-order valence-corrected chi connectivity index (χ1v) is 6.29. The number of aromatic nitrogens is 2. The number of nitrogens with one attached hydrogen (secondary N) is 1. The maximum Gasteiger partial charge on any atom is 0.105 e. The Kier molecular flexibility index (Phi) is 3.41. The van der Waals surface area contributed by atoms with Gasteiger partial charge in [-0.25, -0.2) is 0 Å². The van der Waals surface area contributed by atoms with Crippen LogP contribution >= 0.6 is 11.6 Å². The molecule has 1 N–H and O–H groups in total. The lowest BCUT2D eigenvalue weighted by molar-refractivity contribution is 0.379. The van der Waals surface area contributed by atoms with E-state index >= 15 is 0 Å². The van der Waals surface area contributed by atoms with Gasteiger partial charge < -0.3 is 0 Å². The van der Waals surface area contributed by atoms with Gasteiger partial charge in [0, 0.05) is 18.8 Å². The van der Waals surface area contributed by atoms with Crippen LogP contribution in [0.1, 0.15) is 31.9 Å². The van der Waals surface area contributed by atoms with Crippen LogP contribution in [0.2, 0.25) is 5.02 Å². The Morgan fingerprint density at radius 1 is 1.71 bits per heavy atom. The van der Waals surface area contributed by atoms with E-state index in [-0.39, 0.29) is 0 Å². The molecule has 92 valence electrons. The fraction of sp³-hybridized carbons (Fsp3) is 0.667. The van der Waals surface area contributed by atoms with Gasteiger partial charge in [-0.1, -0.05) is 11.6 Å². The lowest BCUT2D eigenvalue weighted by atomic mass is 10.00. The molecule has 2 rings (SSSR count). The molecule has 0 bridgehead atoms. The Bertz CT molecular complexity index is 424. The van der Waals surface area contributed by atoms with Crippen LogP contribution in [-0.2, 0) is 6.54 Å². The smallest absolute Gasteiger partial charge is 0.105 e. The van der Waals surface area contributed by atoms with E-state index < -0.39 is 5.54 Å². The maximum absolute atomic E-state index is 9.23. The molecule has 0 spiro atoms. The molecule has 1 heterocycles. The molecule has 1 atom stereocenters. The zero-order valence-electron chi connectivity index (χ0n) is 10.2. The molecule has 5 heteroatoms. The second kappa shape index (κ2) is 4.67. The normalized spacial score (nSPS) is 18.7. The van der Waals surface area contributed by atoms with Crippen molar-refractivity contribution in [2.24, 2.45) is 0 Å². The highest BCUT2D eigenvalue weighted by Crippen LogP contribution is 2.24. The van der Waals surface area contributed by atoms with Crippen LogP contribution in [0.3, 0.4) is 0 Å². The molecule has 1 aliphatic carbocycles. The van der Waals surface area contributed by atoms with Crippen LogP contribution in [0.25, 0.3) is 0 Å². The van der Waals surface area contributed by atoms with Crippen LogP contribution in [0.4, 0.5) is 0 Å². The van der Waals surface area contributed by atoms with Crippen molar-refractivity contribution in [2.75, 3.05) is 0 Å². The van der Waals surface area contributed by atoms with E-state index in [2.05, 4.69) is 16.5 Å². The summed E-state index contributed by atoms with van der Waals surface area (Å²) in [6, 6.07) is 2.89. The molecule has 1 aromatic rings. The van der Waals surface area contributed by atoms with Gasteiger partial charge in [-0.05, 0) is 33.1 Å². The van der Waals surface area contributed by atoms with Crippen molar-refractivity contribution in [1.82, 2.24) is 15.1 Å². The monoisotopic (exact) mass is 252 g/mol. The second-order valence-electron chi connectivity index (χ2n) is 4.94. The number of nitriles is 1. The standard InChI is InChI=1S/C12H17ClN4/c1-9-11(13)7-17(16-9)6-5-12(2,8-14)15-10-3-4-10/h7,10,15H,3-6H2,1-2H3. The third-order valence-electron chi connectivity index (χ3n) is 3.07. The molecule has 4 nitrogen and oxygen atoms in total. The van der Waals surface area contributed by atoms with Crippen molar-refractivity contribution in [2.45, 2.75) is 51.2 Å². The molecule has 0 aromatic carbocycles. The highest BCUT2D eigenvalue weighted by molar-refractivity contribution is 6.31. The van der Waals surface area contributed by atoms with Crippen LogP contribution < -0.4 is 5.32 Å². The van der Waals surface area contributed by atoms with E-state index in [9.17, 15) is 5.26 Å². The van der Waals surface area contributed by atoms with Gasteiger partial charge in [0.15, 0.2) is 0 Å². The van der Waals surface area contributed by atoms with Crippen molar-refractivity contribution in [3.63, 3.8) is 0 Å². The summed E-state index contributed by atoms with van der Waals surface area (Å²) in [4.78, 5) is 0. The third-order valence-corrected chi connectivity index (χ3v) is 3.45. The minimum atomic E-state index is -0.465. The van der Waals surface area contributed by atoms with Crippen molar-refractivity contribution in [1.29, 1.82) is 5.26 Å². The van der Waals surface area contributed by atoms with Crippen LogP contribution in [-0.4, -0.2) is 21.4 Å². The Morgan fingerprint density at radius 2 is 2.41 bits per heavy atom. The molecule has 1 aliphatic rings. The predicted octanol–water partition coefficient (Wildman–Crippen LogP) is 2.27. The van der Waals surface area contributed by atoms with Crippen molar-refractivity contribution in [3.05, 3.63) is 16.9 Å². The summed E-state index contributed by atoms with van der Waals surface area (Å²) in [7, 11) is 0. The van der Waals surface area contributed by atoms with E-state index in [1.54, 1.807) is 0 Å². The molecule has 0 aliphatic heterocycles. The van der Waals surface area contributed by atoms with Crippen LogP contribution in [0, 0.1) is 18.3 Å². The first kappa shape index (κ1) is 12.4. The predicted molar refractivity (Wildman–Crippen MR) is 66.8 cm³/mol. The fourth-order valence-electron chi connectivity index (χ4n) is 1.78. The molecule has 1 fully saturated rings. The second-order valence-corrected chi connectivity index (χ2v) is 5.35. The summed E-state index contributed by atoms with van der Waals surface area (Å²) in [5.74, 6) is 0. The van der Waals surface area contributed by atoms with Crippen LogP contribution in [0.5, 0.6) is 0 Å². The topological polar surface area (TPSA) is 53.6 Å². The fourth-order valence-corrected chi connectivity index (χ4v) is 1.94. The van der Waals surface area contributed by atoms with Gasteiger partial charge in [-0.15, -0.1) is 0 Å². The molecule has 1 unspecified atom stereocenters. The van der Waals surface area contributed by atoms with E-state index in [1.165, 1.54) is 12.8 Å². The van der Waals surface area contributed by atoms with Crippen molar-refractivity contribution >= 4 is 11.6 Å². The average Bonchev–Trinajstić information content (AvgIpc) is 3.03. The first-order valence-electron chi connectivity index (χ1n) is 5.91. The van der Waals surface area contributed by atoms with Crippen molar-refractivity contribution in [3.8, 4) is 6.07 Å². The highest BCUT2D eigenvalue weighted by Gasteiger charge is 2.32. The lowest BCUT2D eigenvalue weighted by Crippen LogP contribution is -2.43. The number of hydrogen-bond acceptors (Lipinski definition) is 3. The lowest BCUT2D eigenvalue weighted by Gasteiger charge is -2.23. The molecule has 1 aromatic heterocycles. The van der Waals surface area contributed by atoms with E-state index in [0.29, 0.717) is 17.6 Å². The maximum atomic E-state index is 9.23. The molecule has 17 heavy (non-hydrogen) atoms. The van der Waals surface area contributed by atoms with Crippen LogP contribution in [0.15, 0.2) is 6.20 Å². The summed E-state index contributed by atoms with van der Waals surface area (Å²) >= 11 is 5.94. The van der Waals surface area contributed by atoms with Gasteiger partial charge in [-0.2, -0.15) is 10.4 Å². The Morgan fingerprint density at radius 3 is 2.88 bits per heavy atom. The molecular weight excluding hydrogens is 236 g/mol. The minimum absolute atomic E-state index is 0.465. The molecule has 0 amide bonds. The summed E-state index contributed by atoms with van der Waals surface area (Å²) < 4.78 is 1.81. The quantitative estimate of drug-likeness (QED) is 0.875. The van der Waals surface area contributed by atoms with E-state index in [0.717, 1.165) is 12.1 Å². The van der Waals surface area contributed by atoms with Gasteiger partial charge in [0.1, 0.15) is 5.54 Å². The zero-order chi connectivity index (χ0) is 12.5. The first-order chi connectivity index (χ1) is 8.02. The summed E-state index contributed by atoms with van der Waals surface area (Å²) in [6.07, 6.45) is 4.91. The number of aryl methyl sites for hydroxylation is 2. The average molecular weight is 253 g/mol. The Balaban J connectivity index is 1.93. The third kappa shape index (κ3) is 3.21. The highest BCUT2D eigenvalue weighted by atomic mass is 35.5. The van der Waals surface area contributed by atoms with Crippen molar-refractivity contribution < 1.29 is 0 Å². The number of hydrogen-bond donors (Lipinski definition) is 1. The largest absolute Gasteiger partial charge is 0.297 e. The Labute approximate surface area is 107 Å². The summed E-state index contributed by atoms with van der Waals surface area (Å²) in [5.41, 5.74) is 0.369. The van der Waals surface area contributed by atoms with Gasteiger partial charge in [0.05, 0.1) is 16.8 Å². The SMILES string of the molecule is Cc1nn(CCC(C)(C#N)NC2CC2)cc1Cl. The zero-order valence-corrected chi connectivity index (χ0v) is 11.0. The molecule has 0 radical (unpaired) electrons. The van der Waals surface area contributed by atoms with Gasteiger partial charge in [-0.3, -0.25) is 10.00 Å². The molecular formula is C12H17ClN4. The van der Waals surface area contributed by atoms with Gasteiger partial charge in [0.2, 0.25) is 0 Å². The van der Waals surface area contributed by atoms with Gasteiger partial charge in [0.25, 0.3) is 0 Å². The summed E-state index contributed by atoms with van der Waals surface area (Å²) in [5, 5.41) is 17.6. The Hall–Kier alpha value is -1.05. The number of nitrogens with zero attached hydrogens (tertiary/aromatic N) is 3. The minimum Gasteiger partial charge on any atom is -0.297 e. The van der Waals surface area contributed by atoms with E-state index in [1.807, 2.05) is 24.7 Å². The number of halogens is 1. The van der Waals surface area contributed by atoms with Gasteiger partial charge >= 0.3 is 0 Å². The summed E-state index contributed by atoms with van der Waals surface area (Å²) in [6.45, 7) is 4.53. The molecule has 0 saturated heterocycles. The molecule has 1 saturated carbocycles.